The molecule has 15 heavy (non-hydrogen) atoms. The molecule has 0 heterocycles. The van der Waals surface area contributed by atoms with E-state index in [2.05, 4.69) is 6.92 Å². The number of hydrogen-bond donors (Lipinski definition) is 0. The van der Waals surface area contributed by atoms with Crippen LogP contribution >= 0.6 is 0 Å². The van der Waals surface area contributed by atoms with Gasteiger partial charge in [0.25, 0.3) is 0 Å². The summed E-state index contributed by atoms with van der Waals surface area (Å²) in [6.07, 6.45) is 2.14. The lowest BCUT2D eigenvalue weighted by Gasteiger charge is -2.25. The van der Waals surface area contributed by atoms with Crippen LogP contribution in [-0.2, 0) is 10.2 Å². The largest absolute Gasteiger partial charge is 0.300 e. The highest BCUT2D eigenvalue weighted by atomic mass is 19.1. The molecule has 1 unspecified atom stereocenters. The molecular weight excluding hydrogens is 191 g/mol. The smallest absolute Gasteiger partial charge is 0.133 e. The predicted molar refractivity (Wildman–Crippen MR) is 57.3 cm³/mol. The maximum atomic E-state index is 13.0. The quantitative estimate of drug-likeness (QED) is 0.689. The summed E-state index contributed by atoms with van der Waals surface area (Å²) in [6, 6.07) is 4.85. The van der Waals surface area contributed by atoms with E-state index in [9.17, 15) is 9.18 Å². The molecule has 1 nitrogen and oxygen atoms in total. The summed E-state index contributed by atoms with van der Waals surface area (Å²) in [4.78, 5) is 11.3. The van der Waals surface area contributed by atoms with Crippen molar-refractivity contribution in [3.05, 3.63) is 35.1 Å². The molecule has 0 aliphatic heterocycles. The molecule has 0 N–H and O–H groups in total. The number of rotatable bonds is 1. The second-order valence-electron chi connectivity index (χ2n) is 4.74. The van der Waals surface area contributed by atoms with Crippen LogP contribution in [0.25, 0.3) is 0 Å². The van der Waals surface area contributed by atoms with Gasteiger partial charge in [0.1, 0.15) is 11.6 Å². The molecule has 0 bridgehead atoms. The van der Waals surface area contributed by atoms with Gasteiger partial charge in [0, 0.05) is 18.3 Å². The van der Waals surface area contributed by atoms with E-state index in [1.54, 1.807) is 6.07 Å². The third kappa shape index (κ3) is 1.81. The van der Waals surface area contributed by atoms with E-state index < -0.39 is 0 Å². The van der Waals surface area contributed by atoms with Gasteiger partial charge in [0.15, 0.2) is 0 Å². The number of aryl methyl sites for hydroxylation is 1. The fourth-order valence-electron chi connectivity index (χ4n) is 2.56. The van der Waals surface area contributed by atoms with Crippen molar-refractivity contribution in [3.8, 4) is 0 Å². The highest BCUT2D eigenvalue weighted by Gasteiger charge is 2.36. The zero-order valence-electron chi connectivity index (χ0n) is 9.14. The van der Waals surface area contributed by atoms with Crippen LogP contribution in [0.5, 0.6) is 0 Å². The first-order chi connectivity index (χ1) is 7.01. The Kier molecular flexibility index (Phi) is 2.37. The number of carbonyl (C=O) groups excluding carboxylic acids is 1. The summed E-state index contributed by atoms with van der Waals surface area (Å²) in [5, 5.41) is 0. The molecular formula is C13H15FO. The highest BCUT2D eigenvalue weighted by molar-refractivity contribution is 5.82. The van der Waals surface area contributed by atoms with E-state index in [0.717, 1.165) is 17.5 Å². The van der Waals surface area contributed by atoms with Crippen LogP contribution < -0.4 is 0 Å². The first-order valence-corrected chi connectivity index (χ1v) is 5.30. The van der Waals surface area contributed by atoms with Gasteiger partial charge in [-0.2, -0.15) is 0 Å². The van der Waals surface area contributed by atoms with Gasteiger partial charge < -0.3 is 0 Å². The molecule has 2 heteroatoms. The van der Waals surface area contributed by atoms with Crippen LogP contribution in [0.2, 0.25) is 0 Å². The zero-order chi connectivity index (χ0) is 11.1. The lowest BCUT2D eigenvalue weighted by Crippen LogP contribution is -2.19. The van der Waals surface area contributed by atoms with E-state index in [1.807, 2.05) is 13.0 Å². The number of benzene rings is 1. The Bertz CT molecular complexity index is 411. The predicted octanol–water partition coefficient (Wildman–Crippen LogP) is 3.14. The summed E-state index contributed by atoms with van der Waals surface area (Å²) in [5.41, 5.74) is 2.00. The SMILES string of the molecule is Cc1cc(F)ccc1C1(C)CCC(=O)C1. The van der Waals surface area contributed by atoms with Crippen molar-refractivity contribution in [2.75, 3.05) is 0 Å². The minimum Gasteiger partial charge on any atom is -0.300 e. The molecule has 0 spiro atoms. The third-order valence-corrected chi connectivity index (χ3v) is 3.38. The number of Topliss-reactive ketones (excluding diaryl/α,β-unsaturated/α-hetero) is 1. The first-order valence-electron chi connectivity index (χ1n) is 5.30. The Balaban J connectivity index is 2.41. The van der Waals surface area contributed by atoms with Gasteiger partial charge in [-0.15, -0.1) is 0 Å². The van der Waals surface area contributed by atoms with E-state index in [4.69, 9.17) is 0 Å². The molecule has 1 aliphatic rings. The van der Waals surface area contributed by atoms with Gasteiger partial charge >= 0.3 is 0 Å². The van der Waals surface area contributed by atoms with Crippen LogP contribution in [0.3, 0.4) is 0 Å². The summed E-state index contributed by atoms with van der Waals surface area (Å²) < 4.78 is 13.0. The van der Waals surface area contributed by atoms with E-state index in [0.29, 0.717) is 18.6 Å². The number of carbonyl (C=O) groups is 1. The maximum absolute atomic E-state index is 13.0. The van der Waals surface area contributed by atoms with E-state index >= 15 is 0 Å². The minimum atomic E-state index is -0.204. The van der Waals surface area contributed by atoms with Crippen molar-refractivity contribution in [3.63, 3.8) is 0 Å². The average Bonchev–Trinajstić information content (AvgIpc) is 2.46. The number of halogens is 1. The van der Waals surface area contributed by atoms with E-state index in [1.165, 1.54) is 6.07 Å². The van der Waals surface area contributed by atoms with E-state index in [-0.39, 0.29) is 11.2 Å². The van der Waals surface area contributed by atoms with Crippen molar-refractivity contribution in [2.45, 2.75) is 38.5 Å². The minimum absolute atomic E-state index is 0.0745. The normalized spacial score (nSPS) is 25.9. The first kappa shape index (κ1) is 10.3. The molecule has 1 aromatic carbocycles. The lowest BCUT2D eigenvalue weighted by molar-refractivity contribution is -0.117. The highest BCUT2D eigenvalue weighted by Crippen LogP contribution is 2.40. The van der Waals surface area contributed by atoms with Crippen LogP contribution in [-0.4, -0.2) is 5.78 Å². The molecule has 1 saturated carbocycles. The molecule has 1 aromatic rings. The number of ketones is 1. The zero-order valence-corrected chi connectivity index (χ0v) is 9.14. The monoisotopic (exact) mass is 206 g/mol. The van der Waals surface area contributed by atoms with Gasteiger partial charge in [-0.25, -0.2) is 4.39 Å². The lowest BCUT2D eigenvalue weighted by atomic mass is 9.79. The van der Waals surface area contributed by atoms with Crippen molar-refractivity contribution in [1.29, 1.82) is 0 Å². The number of hydrogen-bond acceptors (Lipinski definition) is 1. The Morgan fingerprint density at radius 2 is 2.13 bits per heavy atom. The van der Waals surface area contributed by atoms with Crippen molar-refractivity contribution in [1.82, 2.24) is 0 Å². The van der Waals surface area contributed by atoms with Crippen LogP contribution in [0.4, 0.5) is 4.39 Å². The topological polar surface area (TPSA) is 17.1 Å². The van der Waals surface area contributed by atoms with Crippen molar-refractivity contribution in [2.24, 2.45) is 0 Å². The molecule has 2 rings (SSSR count). The van der Waals surface area contributed by atoms with Crippen molar-refractivity contribution < 1.29 is 9.18 Å². The summed E-state index contributed by atoms with van der Waals surface area (Å²) in [6.45, 7) is 4.00. The molecule has 1 atom stereocenters. The van der Waals surface area contributed by atoms with Crippen molar-refractivity contribution >= 4 is 5.78 Å². The molecule has 1 aliphatic carbocycles. The molecule has 80 valence electrons. The van der Waals surface area contributed by atoms with Gasteiger partial charge in [-0.1, -0.05) is 13.0 Å². The Labute approximate surface area is 89.3 Å². The second kappa shape index (κ2) is 3.44. The van der Waals surface area contributed by atoms with Gasteiger partial charge in [-0.3, -0.25) is 4.79 Å². The fraction of sp³-hybridized carbons (Fsp3) is 0.462. The van der Waals surface area contributed by atoms with Gasteiger partial charge in [0.2, 0.25) is 0 Å². The van der Waals surface area contributed by atoms with Crippen LogP contribution in [0.1, 0.15) is 37.3 Å². The van der Waals surface area contributed by atoms with Gasteiger partial charge in [0.05, 0.1) is 0 Å². The average molecular weight is 206 g/mol. The Hall–Kier alpha value is -1.18. The summed E-state index contributed by atoms with van der Waals surface area (Å²) in [7, 11) is 0. The molecule has 1 fully saturated rings. The molecule has 0 radical (unpaired) electrons. The van der Waals surface area contributed by atoms with Crippen LogP contribution in [0.15, 0.2) is 18.2 Å². The maximum Gasteiger partial charge on any atom is 0.133 e. The van der Waals surface area contributed by atoms with Crippen LogP contribution in [0, 0.1) is 12.7 Å². The molecule has 0 saturated heterocycles. The molecule has 0 amide bonds. The summed E-state index contributed by atoms with van der Waals surface area (Å²) >= 11 is 0. The third-order valence-electron chi connectivity index (χ3n) is 3.38. The molecule has 0 aromatic heterocycles. The standard InChI is InChI=1S/C13H15FO/c1-9-7-10(14)3-4-12(9)13(2)6-5-11(15)8-13/h3-4,7H,5-6,8H2,1-2H3. The van der Waals surface area contributed by atoms with Gasteiger partial charge in [-0.05, 0) is 36.6 Å². The Morgan fingerprint density at radius 3 is 2.67 bits per heavy atom. The summed E-state index contributed by atoms with van der Waals surface area (Å²) in [5.74, 6) is 0.116. The second-order valence-corrected chi connectivity index (χ2v) is 4.74. The Morgan fingerprint density at radius 1 is 1.40 bits per heavy atom. The fourth-order valence-corrected chi connectivity index (χ4v) is 2.56.